The summed E-state index contributed by atoms with van der Waals surface area (Å²) in [5.41, 5.74) is 0. The second-order valence-electron chi connectivity index (χ2n) is 23.1. The first-order valence-electron chi connectivity index (χ1n) is 32.6. The molecular weight excluding hydrogens is 990 g/mol. The fourth-order valence-corrected chi connectivity index (χ4v) is 9.94. The van der Waals surface area contributed by atoms with Gasteiger partial charge in [0.2, 0.25) is 0 Å². The molecule has 0 bridgehead atoms. The van der Waals surface area contributed by atoms with Gasteiger partial charge in [-0.15, -0.1) is 0 Å². The molecule has 0 N–H and O–H groups in total. The fourth-order valence-electron chi connectivity index (χ4n) is 9.21. The predicted molar refractivity (Wildman–Crippen MR) is 333 cm³/mol. The number of quaternary nitrogens is 1. The van der Waals surface area contributed by atoms with Gasteiger partial charge in [0.25, 0.3) is 7.82 Å². The number of likely N-dealkylation sites (N-methyl/N-ethyl adjacent to an activating group) is 1. The van der Waals surface area contributed by atoms with Crippen molar-refractivity contribution in [3.8, 4) is 0 Å². The van der Waals surface area contributed by atoms with Crippen molar-refractivity contribution in [3.05, 3.63) is 72.9 Å². The van der Waals surface area contributed by atoms with E-state index < -0.39 is 26.5 Å². The van der Waals surface area contributed by atoms with Crippen LogP contribution in [-0.4, -0.2) is 70.0 Å². The third kappa shape index (κ3) is 62.6. The largest absolute Gasteiger partial charge is 0.756 e. The summed E-state index contributed by atoms with van der Waals surface area (Å²) in [7, 11) is 1.17. The topological polar surface area (TPSA) is 111 Å². The highest BCUT2D eigenvalue weighted by Gasteiger charge is 2.22. The molecule has 0 aromatic rings. The maximum absolute atomic E-state index is 12.8. The molecule has 78 heavy (non-hydrogen) atoms. The maximum atomic E-state index is 12.8. The highest BCUT2D eigenvalue weighted by Crippen LogP contribution is 2.38. The van der Waals surface area contributed by atoms with Crippen LogP contribution in [0.2, 0.25) is 0 Å². The van der Waals surface area contributed by atoms with E-state index in [4.69, 9.17) is 18.5 Å². The maximum Gasteiger partial charge on any atom is 0.306 e. The molecular formula is C68H124NO8P. The number of allylic oxidation sites excluding steroid dienone is 12. The lowest BCUT2D eigenvalue weighted by Crippen LogP contribution is -2.37. The Kier molecular flexibility index (Phi) is 57.2. The molecule has 0 rings (SSSR count). The zero-order valence-electron chi connectivity index (χ0n) is 51.6. The molecule has 0 saturated heterocycles. The summed E-state index contributed by atoms with van der Waals surface area (Å²) < 4.78 is 34.2. The minimum absolute atomic E-state index is 0.0321. The molecule has 0 heterocycles. The van der Waals surface area contributed by atoms with Gasteiger partial charge in [-0.1, -0.05) is 273 Å². The lowest BCUT2D eigenvalue weighted by molar-refractivity contribution is -0.870. The molecule has 2 atom stereocenters. The van der Waals surface area contributed by atoms with E-state index >= 15 is 0 Å². The molecule has 0 radical (unpaired) electrons. The van der Waals surface area contributed by atoms with E-state index in [0.29, 0.717) is 17.4 Å². The second kappa shape index (κ2) is 59.1. The molecule has 0 aliphatic carbocycles. The fraction of sp³-hybridized carbons (Fsp3) is 0.794. The molecule has 0 fully saturated rings. The van der Waals surface area contributed by atoms with E-state index in [2.05, 4.69) is 86.8 Å². The minimum atomic E-state index is -4.64. The van der Waals surface area contributed by atoms with Gasteiger partial charge in [0, 0.05) is 12.8 Å². The number of hydrogen-bond donors (Lipinski definition) is 0. The zero-order chi connectivity index (χ0) is 57.0. The van der Waals surface area contributed by atoms with Crippen molar-refractivity contribution in [2.75, 3.05) is 47.5 Å². The van der Waals surface area contributed by atoms with Crippen molar-refractivity contribution in [3.63, 3.8) is 0 Å². The summed E-state index contributed by atoms with van der Waals surface area (Å²) in [4.78, 5) is 37.9. The number of hydrogen-bond acceptors (Lipinski definition) is 8. The van der Waals surface area contributed by atoms with Gasteiger partial charge in [-0.3, -0.25) is 14.2 Å². The Hall–Kier alpha value is -2.55. The van der Waals surface area contributed by atoms with E-state index in [1.54, 1.807) is 0 Å². The van der Waals surface area contributed by atoms with Crippen LogP contribution in [0.15, 0.2) is 72.9 Å². The minimum Gasteiger partial charge on any atom is -0.756 e. The second-order valence-corrected chi connectivity index (χ2v) is 24.5. The summed E-state index contributed by atoms with van der Waals surface area (Å²) >= 11 is 0. The van der Waals surface area contributed by atoms with E-state index in [9.17, 15) is 19.0 Å². The first-order chi connectivity index (χ1) is 38.0. The van der Waals surface area contributed by atoms with Gasteiger partial charge in [-0.2, -0.15) is 0 Å². The van der Waals surface area contributed by atoms with Crippen molar-refractivity contribution in [1.29, 1.82) is 0 Å². The van der Waals surface area contributed by atoms with Gasteiger partial charge in [-0.25, -0.2) is 0 Å². The van der Waals surface area contributed by atoms with E-state index in [0.717, 1.165) is 83.5 Å². The SMILES string of the molecule is CC/C=C\C/C=C\C/C=C\C/C=C\CCCCCCCCCCCCCCCCCCCCCCCCCCC(=O)OC(COC(=O)CCCCCCCCC/C=C\C/C=C\CCCCC)COP(=O)([O-])OCC[N+](C)(C)C. The lowest BCUT2D eigenvalue weighted by atomic mass is 10.0. The van der Waals surface area contributed by atoms with Gasteiger partial charge in [0.1, 0.15) is 19.8 Å². The molecule has 0 saturated carbocycles. The van der Waals surface area contributed by atoms with E-state index in [-0.39, 0.29) is 32.0 Å². The molecule has 0 spiro atoms. The molecule has 0 amide bonds. The van der Waals surface area contributed by atoms with Crippen LogP contribution in [-0.2, 0) is 32.7 Å². The third-order valence-electron chi connectivity index (χ3n) is 14.2. The van der Waals surface area contributed by atoms with Crippen molar-refractivity contribution in [1.82, 2.24) is 0 Å². The Bertz CT molecular complexity index is 1550. The smallest absolute Gasteiger partial charge is 0.306 e. The Balaban J connectivity index is 3.96. The quantitative estimate of drug-likeness (QED) is 0.0195. The lowest BCUT2D eigenvalue weighted by Gasteiger charge is -2.28. The predicted octanol–water partition coefficient (Wildman–Crippen LogP) is 20.2. The van der Waals surface area contributed by atoms with Crippen molar-refractivity contribution in [2.45, 2.75) is 302 Å². The first-order valence-corrected chi connectivity index (χ1v) is 34.1. The van der Waals surface area contributed by atoms with Gasteiger partial charge in [-0.05, 0) is 83.5 Å². The van der Waals surface area contributed by atoms with Gasteiger partial charge in [0.05, 0.1) is 27.7 Å². The monoisotopic (exact) mass is 1110 g/mol. The standard InChI is InChI=1S/C68H124NO8P/c1-6-8-10-12-14-16-18-20-22-24-25-26-27-28-29-30-31-32-33-34-35-36-37-38-39-40-41-42-43-45-47-49-51-53-55-57-59-61-68(71)77-66(65-76-78(72,73)75-63-62-69(3,4)5)64-74-67(70)60-58-56-54-52-50-48-46-44-23-21-19-17-15-13-11-9-7-2/h8,10,14-17,20-23,25-26,66H,6-7,9,11-13,18-19,24,27-65H2,1-5H3/b10-8-,16-14-,17-15-,22-20-,23-21-,26-25-. The summed E-state index contributed by atoms with van der Waals surface area (Å²) in [6.45, 7) is 4.12. The Morgan fingerprint density at radius 2 is 0.731 bits per heavy atom. The van der Waals surface area contributed by atoms with Crippen molar-refractivity contribution >= 4 is 19.8 Å². The first kappa shape index (κ1) is 75.5. The Morgan fingerprint density at radius 1 is 0.410 bits per heavy atom. The molecule has 9 nitrogen and oxygen atoms in total. The van der Waals surface area contributed by atoms with Crippen LogP contribution in [0.1, 0.15) is 296 Å². The Morgan fingerprint density at radius 3 is 1.09 bits per heavy atom. The Labute approximate surface area is 482 Å². The molecule has 0 aromatic heterocycles. The van der Waals surface area contributed by atoms with E-state index in [1.165, 1.54) is 180 Å². The van der Waals surface area contributed by atoms with Crippen LogP contribution >= 0.6 is 7.82 Å². The molecule has 0 aromatic carbocycles. The summed E-state index contributed by atoms with van der Waals surface area (Å²) in [6, 6.07) is 0. The number of unbranched alkanes of at least 4 members (excludes halogenated alkanes) is 34. The van der Waals surface area contributed by atoms with Crippen molar-refractivity contribution < 1.29 is 42.1 Å². The van der Waals surface area contributed by atoms with Gasteiger partial charge in [0.15, 0.2) is 6.10 Å². The van der Waals surface area contributed by atoms with Crippen LogP contribution in [0.3, 0.4) is 0 Å². The summed E-state index contributed by atoms with van der Waals surface area (Å²) in [5.74, 6) is -0.832. The number of nitrogens with zero attached hydrogens (tertiary/aromatic N) is 1. The number of phosphoric acid groups is 1. The zero-order valence-corrected chi connectivity index (χ0v) is 52.5. The molecule has 2 unspecified atom stereocenters. The molecule has 0 aliphatic heterocycles. The number of esters is 2. The van der Waals surface area contributed by atoms with Crippen LogP contribution in [0.5, 0.6) is 0 Å². The number of ether oxygens (including phenoxy) is 2. The number of carbonyl (C=O) groups is 2. The summed E-state index contributed by atoms with van der Waals surface area (Å²) in [5, 5.41) is 0. The molecule has 10 heteroatoms. The highest BCUT2D eigenvalue weighted by molar-refractivity contribution is 7.45. The van der Waals surface area contributed by atoms with Crippen LogP contribution in [0.25, 0.3) is 0 Å². The van der Waals surface area contributed by atoms with E-state index in [1.807, 2.05) is 21.1 Å². The van der Waals surface area contributed by atoms with Gasteiger partial charge < -0.3 is 27.9 Å². The number of phosphoric ester groups is 1. The molecule has 454 valence electrons. The average molecular weight is 1110 g/mol. The average Bonchev–Trinajstić information content (AvgIpc) is 3.41. The third-order valence-corrected chi connectivity index (χ3v) is 15.2. The highest BCUT2D eigenvalue weighted by atomic mass is 31.2. The van der Waals surface area contributed by atoms with Gasteiger partial charge >= 0.3 is 11.9 Å². The van der Waals surface area contributed by atoms with Crippen LogP contribution < -0.4 is 4.89 Å². The van der Waals surface area contributed by atoms with Crippen molar-refractivity contribution in [2.24, 2.45) is 0 Å². The normalized spacial score (nSPS) is 13.7. The van der Waals surface area contributed by atoms with Crippen LogP contribution in [0.4, 0.5) is 0 Å². The number of rotatable bonds is 60. The summed E-state index contributed by atoms with van der Waals surface area (Å²) in [6.07, 6.45) is 78.4. The van der Waals surface area contributed by atoms with Crippen LogP contribution in [0, 0.1) is 0 Å². The molecule has 0 aliphatic rings. The number of carbonyl (C=O) groups excluding carboxylic acids is 2.